The molecule has 0 aromatic carbocycles. The lowest BCUT2D eigenvalue weighted by Crippen LogP contribution is -2.54. The molecular formula is C14H26N2O5. The zero-order valence-corrected chi connectivity index (χ0v) is 12.9. The number of aliphatic carboxylic acids is 1. The molecule has 21 heavy (non-hydrogen) atoms. The highest BCUT2D eigenvalue weighted by atomic mass is 16.5. The number of amides is 2. The van der Waals surface area contributed by atoms with Gasteiger partial charge in [-0.15, -0.1) is 0 Å². The number of hydrogen-bond acceptors (Lipinski definition) is 4. The van der Waals surface area contributed by atoms with Crippen LogP contribution in [0.15, 0.2) is 0 Å². The van der Waals surface area contributed by atoms with Gasteiger partial charge in [-0.2, -0.15) is 0 Å². The Bertz CT molecular complexity index is 334. The predicted octanol–water partition coefficient (Wildman–Crippen LogP) is 1.08. The lowest BCUT2D eigenvalue weighted by Gasteiger charge is -2.32. The first-order valence-corrected chi connectivity index (χ1v) is 7.30. The Hall–Kier alpha value is -1.34. The molecule has 0 aliphatic heterocycles. The van der Waals surface area contributed by atoms with Gasteiger partial charge in [0, 0.05) is 27.3 Å². The van der Waals surface area contributed by atoms with E-state index in [-0.39, 0.29) is 12.5 Å². The molecule has 0 aromatic heterocycles. The van der Waals surface area contributed by atoms with Crippen LogP contribution >= 0.6 is 0 Å². The highest BCUT2D eigenvalue weighted by Gasteiger charge is 2.38. The van der Waals surface area contributed by atoms with E-state index in [2.05, 4.69) is 5.32 Å². The molecule has 1 rings (SSSR count). The van der Waals surface area contributed by atoms with Gasteiger partial charge >= 0.3 is 12.0 Å². The molecule has 0 unspecified atom stereocenters. The fraction of sp³-hybridized carbons (Fsp3) is 0.857. The number of carboxylic acid groups (broad SMARTS) is 1. The highest BCUT2D eigenvalue weighted by molar-refractivity contribution is 5.77. The topological polar surface area (TPSA) is 88.1 Å². The lowest BCUT2D eigenvalue weighted by atomic mass is 9.93. The van der Waals surface area contributed by atoms with Gasteiger partial charge in [0.05, 0.1) is 25.2 Å². The largest absolute Gasteiger partial charge is 0.481 e. The van der Waals surface area contributed by atoms with E-state index in [4.69, 9.17) is 14.6 Å². The van der Waals surface area contributed by atoms with Crippen molar-refractivity contribution >= 4 is 12.0 Å². The third-order valence-electron chi connectivity index (χ3n) is 3.84. The van der Waals surface area contributed by atoms with Crippen molar-refractivity contribution in [3.63, 3.8) is 0 Å². The molecule has 0 atom stereocenters. The van der Waals surface area contributed by atoms with Crippen LogP contribution < -0.4 is 5.32 Å². The third-order valence-corrected chi connectivity index (χ3v) is 3.84. The standard InChI is InChI=1S/C14H26N2O5/c1-20-9-7-16(8-10-21-2)13(19)15-14(11-12(17)18)5-3-4-6-14/h3-11H2,1-2H3,(H,15,19)(H,17,18). The molecule has 2 amide bonds. The van der Waals surface area contributed by atoms with Gasteiger partial charge < -0.3 is 24.8 Å². The van der Waals surface area contributed by atoms with Crippen LogP contribution in [-0.4, -0.2) is 68.1 Å². The molecule has 1 aliphatic carbocycles. The Labute approximate surface area is 125 Å². The summed E-state index contributed by atoms with van der Waals surface area (Å²) in [4.78, 5) is 25.1. The quantitative estimate of drug-likeness (QED) is 0.665. The molecule has 1 saturated carbocycles. The number of rotatable bonds is 9. The van der Waals surface area contributed by atoms with E-state index in [1.165, 1.54) is 0 Å². The van der Waals surface area contributed by atoms with E-state index in [1.54, 1.807) is 19.1 Å². The Balaban J connectivity index is 2.65. The zero-order valence-electron chi connectivity index (χ0n) is 12.9. The molecule has 0 spiro atoms. The van der Waals surface area contributed by atoms with Crippen LogP contribution in [-0.2, 0) is 14.3 Å². The van der Waals surface area contributed by atoms with E-state index >= 15 is 0 Å². The maximum Gasteiger partial charge on any atom is 0.318 e. The second kappa shape index (κ2) is 8.84. The maximum absolute atomic E-state index is 12.4. The van der Waals surface area contributed by atoms with Crippen molar-refractivity contribution in [2.75, 3.05) is 40.5 Å². The van der Waals surface area contributed by atoms with Gasteiger partial charge in [0.25, 0.3) is 0 Å². The lowest BCUT2D eigenvalue weighted by molar-refractivity contribution is -0.138. The molecule has 0 aromatic rings. The Kier molecular flexibility index (Phi) is 7.45. The highest BCUT2D eigenvalue weighted by Crippen LogP contribution is 2.32. The predicted molar refractivity (Wildman–Crippen MR) is 77.3 cm³/mol. The number of urea groups is 1. The number of nitrogens with zero attached hydrogens (tertiary/aromatic N) is 1. The zero-order chi connectivity index (χ0) is 15.7. The second-order valence-electron chi connectivity index (χ2n) is 5.46. The smallest absolute Gasteiger partial charge is 0.318 e. The third kappa shape index (κ3) is 5.89. The van der Waals surface area contributed by atoms with E-state index in [1.807, 2.05) is 0 Å². The minimum atomic E-state index is -0.877. The summed E-state index contributed by atoms with van der Waals surface area (Å²) >= 11 is 0. The van der Waals surface area contributed by atoms with E-state index in [9.17, 15) is 9.59 Å². The van der Waals surface area contributed by atoms with Crippen molar-refractivity contribution in [3.05, 3.63) is 0 Å². The first kappa shape index (κ1) is 17.7. The molecule has 0 bridgehead atoms. The first-order valence-electron chi connectivity index (χ1n) is 7.30. The number of carbonyl (C=O) groups is 2. The molecule has 7 nitrogen and oxygen atoms in total. The minimum absolute atomic E-state index is 0.0267. The van der Waals surface area contributed by atoms with Crippen molar-refractivity contribution in [1.82, 2.24) is 10.2 Å². The van der Waals surface area contributed by atoms with Crippen LogP contribution in [0.1, 0.15) is 32.1 Å². The van der Waals surface area contributed by atoms with Gasteiger partial charge in [-0.3, -0.25) is 4.79 Å². The minimum Gasteiger partial charge on any atom is -0.481 e. The van der Waals surface area contributed by atoms with Gasteiger partial charge in [0.2, 0.25) is 0 Å². The van der Waals surface area contributed by atoms with Gasteiger partial charge in [0.15, 0.2) is 0 Å². The van der Waals surface area contributed by atoms with Gasteiger partial charge in [-0.25, -0.2) is 4.79 Å². The summed E-state index contributed by atoms with van der Waals surface area (Å²) in [5.74, 6) is -0.877. The summed E-state index contributed by atoms with van der Waals surface area (Å²) in [7, 11) is 3.16. The second-order valence-corrected chi connectivity index (χ2v) is 5.46. The molecule has 1 aliphatic rings. The Morgan fingerprint density at radius 3 is 2.10 bits per heavy atom. The number of hydrogen-bond donors (Lipinski definition) is 2. The summed E-state index contributed by atoms with van der Waals surface area (Å²) in [6.45, 7) is 1.77. The molecular weight excluding hydrogens is 276 g/mol. The van der Waals surface area contributed by atoms with Crippen molar-refractivity contribution in [2.24, 2.45) is 0 Å². The molecule has 1 fully saturated rings. The van der Waals surface area contributed by atoms with Crippen LogP contribution in [0.5, 0.6) is 0 Å². The van der Waals surface area contributed by atoms with Gasteiger partial charge in [0.1, 0.15) is 0 Å². The monoisotopic (exact) mass is 302 g/mol. The van der Waals surface area contributed by atoms with Crippen molar-refractivity contribution in [3.8, 4) is 0 Å². The van der Waals surface area contributed by atoms with E-state index < -0.39 is 11.5 Å². The number of methoxy groups -OCH3 is 2. The molecule has 0 radical (unpaired) electrons. The van der Waals surface area contributed by atoms with Crippen molar-refractivity contribution < 1.29 is 24.2 Å². The van der Waals surface area contributed by atoms with Crippen LogP contribution in [0.3, 0.4) is 0 Å². The summed E-state index contributed by atoms with van der Waals surface area (Å²) in [5, 5.41) is 12.0. The van der Waals surface area contributed by atoms with Gasteiger partial charge in [-0.1, -0.05) is 12.8 Å². The van der Waals surface area contributed by atoms with Crippen molar-refractivity contribution in [1.29, 1.82) is 0 Å². The molecule has 2 N–H and O–H groups in total. The fourth-order valence-electron chi connectivity index (χ4n) is 2.71. The number of carbonyl (C=O) groups excluding carboxylic acids is 1. The number of ether oxygens (including phenoxy) is 2. The first-order chi connectivity index (χ1) is 10.0. The van der Waals surface area contributed by atoms with Crippen LogP contribution in [0, 0.1) is 0 Å². The molecule has 122 valence electrons. The average Bonchev–Trinajstić information content (AvgIpc) is 2.86. The molecule has 7 heteroatoms. The summed E-state index contributed by atoms with van der Waals surface area (Å²) in [5.41, 5.74) is -0.610. The molecule has 0 saturated heterocycles. The van der Waals surface area contributed by atoms with Crippen LogP contribution in [0.25, 0.3) is 0 Å². The summed E-state index contributed by atoms with van der Waals surface area (Å²) < 4.78 is 10.0. The number of carboxylic acids is 1. The maximum atomic E-state index is 12.4. The van der Waals surface area contributed by atoms with E-state index in [0.29, 0.717) is 39.1 Å². The van der Waals surface area contributed by atoms with Crippen molar-refractivity contribution in [2.45, 2.75) is 37.6 Å². The Morgan fingerprint density at radius 2 is 1.67 bits per heavy atom. The fourth-order valence-corrected chi connectivity index (χ4v) is 2.71. The van der Waals surface area contributed by atoms with Crippen LogP contribution in [0.4, 0.5) is 4.79 Å². The number of nitrogens with one attached hydrogen (secondary N) is 1. The van der Waals surface area contributed by atoms with Gasteiger partial charge in [-0.05, 0) is 12.8 Å². The molecule has 0 heterocycles. The van der Waals surface area contributed by atoms with E-state index in [0.717, 1.165) is 12.8 Å². The normalized spacial score (nSPS) is 16.7. The SMILES string of the molecule is COCCN(CCOC)C(=O)NC1(CC(=O)O)CCCC1. The summed E-state index contributed by atoms with van der Waals surface area (Å²) in [6, 6.07) is -0.243. The van der Waals surface area contributed by atoms with Crippen LogP contribution in [0.2, 0.25) is 0 Å². The summed E-state index contributed by atoms with van der Waals surface area (Å²) in [6.07, 6.45) is 3.30. The average molecular weight is 302 g/mol. The Morgan fingerprint density at radius 1 is 1.14 bits per heavy atom.